The zero-order valence-corrected chi connectivity index (χ0v) is 12.9. The van der Waals surface area contributed by atoms with Crippen LogP contribution in [0, 0.1) is 5.82 Å². The first-order chi connectivity index (χ1) is 8.51. The molecule has 0 spiro atoms. The second-order valence-electron chi connectivity index (χ2n) is 4.76. The first kappa shape index (κ1) is 15.6. The third-order valence-electron chi connectivity index (χ3n) is 2.76. The van der Waals surface area contributed by atoms with E-state index < -0.39 is 0 Å². The molecule has 1 rings (SSSR count). The normalized spacial score (nSPS) is 11.5. The number of benzene rings is 1. The van der Waals surface area contributed by atoms with Gasteiger partial charge in [-0.1, -0.05) is 36.7 Å². The molecule has 0 aromatic heterocycles. The van der Waals surface area contributed by atoms with Crippen molar-refractivity contribution in [2.45, 2.75) is 33.4 Å². The van der Waals surface area contributed by atoms with E-state index in [2.05, 4.69) is 46.9 Å². The van der Waals surface area contributed by atoms with Gasteiger partial charge in [0.1, 0.15) is 5.82 Å². The fourth-order valence-electron chi connectivity index (χ4n) is 1.82. The van der Waals surface area contributed by atoms with Crippen molar-refractivity contribution >= 4 is 15.9 Å². The maximum Gasteiger partial charge on any atom is 0.124 e. The maximum atomic E-state index is 13.3. The molecule has 0 atom stereocenters. The summed E-state index contributed by atoms with van der Waals surface area (Å²) in [4.78, 5) is 2.30. The van der Waals surface area contributed by atoms with Crippen molar-refractivity contribution in [1.82, 2.24) is 10.2 Å². The summed E-state index contributed by atoms with van der Waals surface area (Å²) < 4.78 is 14.1. The molecule has 0 saturated heterocycles. The second kappa shape index (κ2) is 7.87. The summed E-state index contributed by atoms with van der Waals surface area (Å²) in [5.41, 5.74) is 1.01. The third-order valence-corrected chi connectivity index (χ3v) is 3.21. The zero-order valence-electron chi connectivity index (χ0n) is 11.3. The average Bonchev–Trinajstić information content (AvgIpc) is 2.25. The molecule has 1 N–H and O–H groups in total. The van der Waals surface area contributed by atoms with Gasteiger partial charge in [0.2, 0.25) is 0 Å². The minimum absolute atomic E-state index is 0.185. The number of hydrogen-bond donors (Lipinski definition) is 1. The van der Waals surface area contributed by atoms with Gasteiger partial charge in [0.25, 0.3) is 0 Å². The van der Waals surface area contributed by atoms with Crippen LogP contribution in [-0.2, 0) is 6.54 Å². The molecular weight excluding hydrogens is 295 g/mol. The molecule has 0 fully saturated rings. The predicted octanol–water partition coefficient (Wildman–Crippen LogP) is 3.41. The Morgan fingerprint density at radius 1 is 1.33 bits per heavy atom. The summed E-state index contributed by atoms with van der Waals surface area (Å²) in [5.74, 6) is -0.185. The van der Waals surface area contributed by atoms with E-state index in [1.165, 1.54) is 6.07 Å². The van der Waals surface area contributed by atoms with Crippen molar-refractivity contribution < 1.29 is 4.39 Å². The number of halogens is 2. The topological polar surface area (TPSA) is 15.3 Å². The van der Waals surface area contributed by atoms with Gasteiger partial charge in [-0.2, -0.15) is 0 Å². The minimum atomic E-state index is -0.185. The van der Waals surface area contributed by atoms with Crippen LogP contribution in [-0.4, -0.2) is 30.6 Å². The molecule has 0 aliphatic carbocycles. The van der Waals surface area contributed by atoms with Crippen LogP contribution >= 0.6 is 15.9 Å². The van der Waals surface area contributed by atoms with Crippen molar-refractivity contribution in [3.05, 3.63) is 34.1 Å². The van der Waals surface area contributed by atoms with Crippen LogP contribution < -0.4 is 5.32 Å². The van der Waals surface area contributed by atoms with Gasteiger partial charge in [0.15, 0.2) is 0 Å². The highest BCUT2D eigenvalue weighted by Crippen LogP contribution is 2.16. The first-order valence-corrected chi connectivity index (χ1v) is 7.21. The molecule has 0 unspecified atom stereocenters. The van der Waals surface area contributed by atoms with Crippen molar-refractivity contribution in [3.63, 3.8) is 0 Å². The molecule has 1 aromatic carbocycles. The highest BCUT2D eigenvalue weighted by Gasteiger charge is 2.06. The quantitative estimate of drug-likeness (QED) is 0.829. The minimum Gasteiger partial charge on any atom is -0.313 e. The summed E-state index contributed by atoms with van der Waals surface area (Å²) in [6.07, 6.45) is 0. The summed E-state index contributed by atoms with van der Waals surface area (Å²) in [7, 11) is 0. The fraction of sp³-hybridized carbons (Fsp3) is 0.571. The van der Waals surface area contributed by atoms with Gasteiger partial charge < -0.3 is 5.32 Å². The molecule has 2 nitrogen and oxygen atoms in total. The molecule has 0 saturated carbocycles. The molecule has 0 aliphatic rings. The Morgan fingerprint density at radius 3 is 2.61 bits per heavy atom. The predicted molar refractivity (Wildman–Crippen MR) is 78.2 cm³/mol. The van der Waals surface area contributed by atoms with Crippen LogP contribution in [0.4, 0.5) is 4.39 Å². The summed E-state index contributed by atoms with van der Waals surface area (Å²) >= 11 is 3.33. The van der Waals surface area contributed by atoms with E-state index in [-0.39, 0.29) is 5.82 Å². The molecule has 0 bridgehead atoms. The van der Waals surface area contributed by atoms with Crippen LogP contribution in [0.3, 0.4) is 0 Å². The van der Waals surface area contributed by atoms with E-state index in [1.807, 2.05) is 6.07 Å². The van der Waals surface area contributed by atoms with Gasteiger partial charge in [0, 0.05) is 30.1 Å². The summed E-state index contributed by atoms with van der Waals surface area (Å²) in [5, 5.41) is 3.39. The number of nitrogens with one attached hydrogen (secondary N) is 1. The smallest absolute Gasteiger partial charge is 0.124 e. The Labute approximate surface area is 118 Å². The van der Waals surface area contributed by atoms with E-state index >= 15 is 0 Å². The lowest BCUT2D eigenvalue weighted by Gasteiger charge is -2.21. The highest BCUT2D eigenvalue weighted by atomic mass is 79.9. The molecule has 18 heavy (non-hydrogen) atoms. The monoisotopic (exact) mass is 316 g/mol. The fourth-order valence-corrected chi connectivity index (χ4v) is 2.33. The van der Waals surface area contributed by atoms with Gasteiger partial charge in [-0.3, -0.25) is 4.90 Å². The van der Waals surface area contributed by atoms with Gasteiger partial charge >= 0.3 is 0 Å². The molecular formula is C14H22BrFN2. The standard InChI is InChI=1S/C14H22BrFN2/c1-4-18(6-5-17-11(2)3)10-12-7-13(15)9-14(16)8-12/h7-9,11,17H,4-6,10H2,1-3H3. The zero-order chi connectivity index (χ0) is 13.5. The van der Waals surface area contributed by atoms with Crippen LogP contribution in [0.5, 0.6) is 0 Å². The molecule has 0 amide bonds. The molecule has 0 radical (unpaired) electrons. The Morgan fingerprint density at radius 2 is 2.06 bits per heavy atom. The lowest BCUT2D eigenvalue weighted by molar-refractivity contribution is 0.276. The van der Waals surface area contributed by atoms with Gasteiger partial charge in [-0.15, -0.1) is 0 Å². The van der Waals surface area contributed by atoms with E-state index in [1.54, 1.807) is 6.07 Å². The van der Waals surface area contributed by atoms with Crippen molar-refractivity contribution in [1.29, 1.82) is 0 Å². The maximum absolute atomic E-state index is 13.3. The van der Waals surface area contributed by atoms with Crippen molar-refractivity contribution in [2.75, 3.05) is 19.6 Å². The number of nitrogens with zero attached hydrogens (tertiary/aromatic N) is 1. The molecule has 4 heteroatoms. The van der Waals surface area contributed by atoms with Crippen LogP contribution in [0.25, 0.3) is 0 Å². The summed E-state index contributed by atoms with van der Waals surface area (Å²) in [6.45, 7) is 10.1. The molecule has 0 aliphatic heterocycles. The Hall–Kier alpha value is -0.450. The molecule has 0 heterocycles. The molecule has 1 aromatic rings. The Bertz CT molecular complexity index is 349. The second-order valence-corrected chi connectivity index (χ2v) is 5.67. The van der Waals surface area contributed by atoms with Crippen LogP contribution in [0.2, 0.25) is 0 Å². The van der Waals surface area contributed by atoms with Gasteiger partial charge in [-0.25, -0.2) is 4.39 Å². The number of rotatable bonds is 7. The van der Waals surface area contributed by atoms with Crippen molar-refractivity contribution in [2.24, 2.45) is 0 Å². The number of likely N-dealkylation sites (N-methyl/N-ethyl adjacent to an activating group) is 1. The SMILES string of the molecule is CCN(CCNC(C)C)Cc1cc(F)cc(Br)c1. The Balaban J connectivity index is 2.51. The van der Waals surface area contributed by atoms with Crippen molar-refractivity contribution in [3.8, 4) is 0 Å². The van der Waals surface area contributed by atoms with E-state index in [4.69, 9.17) is 0 Å². The van der Waals surface area contributed by atoms with Gasteiger partial charge in [0.05, 0.1) is 0 Å². The lowest BCUT2D eigenvalue weighted by atomic mass is 10.2. The molecule has 102 valence electrons. The highest BCUT2D eigenvalue weighted by molar-refractivity contribution is 9.10. The third kappa shape index (κ3) is 5.94. The van der Waals surface area contributed by atoms with E-state index in [9.17, 15) is 4.39 Å². The van der Waals surface area contributed by atoms with Gasteiger partial charge in [-0.05, 0) is 30.3 Å². The average molecular weight is 317 g/mol. The van der Waals surface area contributed by atoms with Crippen LogP contribution in [0.1, 0.15) is 26.3 Å². The Kier molecular flexibility index (Phi) is 6.82. The summed E-state index contributed by atoms with van der Waals surface area (Å²) in [6, 6.07) is 5.57. The number of hydrogen-bond acceptors (Lipinski definition) is 2. The first-order valence-electron chi connectivity index (χ1n) is 6.42. The van der Waals surface area contributed by atoms with E-state index in [0.717, 1.165) is 36.2 Å². The largest absolute Gasteiger partial charge is 0.313 e. The van der Waals surface area contributed by atoms with E-state index in [0.29, 0.717) is 6.04 Å². The van der Waals surface area contributed by atoms with Crippen LogP contribution in [0.15, 0.2) is 22.7 Å². The lowest BCUT2D eigenvalue weighted by Crippen LogP contribution is -2.34.